The summed E-state index contributed by atoms with van der Waals surface area (Å²) in [5, 5.41) is 12.5. The topological polar surface area (TPSA) is 49.3 Å². The van der Waals surface area contributed by atoms with E-state index in [1.165, 1.54) is 25.0 Å². The lowest BCUT2D eigenvalue weighted by molar-refractivity contribution is -0.140. The van der Waals surface area contributed by atoms with Gasteiger partial charge in [0.05, 0.1) is 5.02 Å². The molecule has 0 spiro atoms. The number of nitrogens with one attached hydrogen (secondary N) is 1. The number of carboxylic acids is 1. The van der Waals surface area contributed by atoms with Gasteiger partial charge in [0.15, 0.2) is 0 Å². The molecule has 2 rings (SSSR count). The summed E-state index contributed by atoms with van der Waals surface area (Å²) in [5.74, 6) is -1.57. The van der Waals surface area contributed by atoms with Crippen LogP contribution < -0.4 is 5.32 Å². The molecular weight excluding hydrogens is 281 g/mol. The van der Waals surface area contributed by atoms with E-state index < -0.39 is 17.8 Å². The first-order chi connectivity index (χ1) is 9.58. The van der Waals surface area contributed by atoms with Crippen LogP contribution in [0.4, 0.5) is 4.39 Å². The van der Waals surface area contributed by atoms with Gasteiger partial charge in [0, 0.05) is 6.04 Å². The van der Waals surface area contributed by atoms with Gasteiger partial charge in [0.2, 0.25) is 0 Å². The Balaban J connectivity index is 2.13. The zero-order valence-electron chi connectivity index (χ0n) is 11.2. The van der Waals surface area contributed by atoms with Gasteiger partial charge in [0.25, 0.3) is 0 Å². The molecule has 110 valence electrons. The zero-order valence-corrected chi connectivity index (χ0v) is 12.0. The first-order valence-corrected chi connectivity index (χ1v) is 7.39. The lowest BCUT2D eigenvalue weighted by Gasteiger charge is -2.22. The molecule has 5 heteroatoms. The Bertz CT molecular complexity index is 473. The Morgan fingerprint density at radius 1 is 1.30 bits per heavy atom. The Labute approximate surface area is 123 Å². The number of aliphatic carboxylic acids is 1. The first kappa shape index (κ1) is 15.3. The lowest BCUT2D eigenvalue weighted by atomic mass is 10.0. The molecule has 1 unspecified atom stereocenters. The molecular formula is C15H19ClFNO2. The standard InChI is InChI=1S/C15H19ClFNO2/c16-12-8-7-10(9-13(12)17)14(15(19)20)18-11-5-3-1-2-4-6-11/h7-9,11,14,18H,1-6H2,(H,19,20). The number of benzene rings is 1. The minimum Gasteiger partial charge on any atom is -0.480 e. The molecule has 1 aliphatic carbocycles. The van der Waals surface area contributed by atoms with Gasteiger partial charge in [-0.3, -0.25) is 10.1 Å². The highest BCUT2D eigenvalue weighted by Gasteiger charge is 2.24. The van der Waals surface area contributed by atoms with Crippen molar-refractivity contribution in [2.75, 3.05) is 0 Å². The molecule has 3 nitrogen and oxygen atoms in total. The van der Waals surface area contributed by atoms with Crippen molar-refractivity contribution >= 4 is 17.6 Å². The van der Waals surface area contributed by atoms with E-state index in [0.717, 1.165) is 25.7 Å². The highest BCUT2D eigenvalue weighted by molar-refractivity contribution is 6.30. The van der Waals surface area contributed by atoms with E-state index in [0.29, 0.717) is 5.56 Å². The normalized spacial score (nSPS) is 18.5. The minimum atomic E-state index is -0.990. The Morgan fingerprint density at radius 2 is 1.95 bits per heavy atom. The highest BCUT2D eigenvalue weighted by atomic mass is 35.5. The molecule has 2 N–H and O–H groups in total. The van der Waals surface area contributed by atoms with Crippen LogP contribution in [0.15, 0.2) is 18.2 Å². The molecule has 0 bridgehead atoms. The molecule has 1 aromatic rings. The number of carbonyl (C=O) groups is 1. The summed E-state index contributed by atoms with van der Waals surface area (Å²) in [7, 11) is 0. The molecule has 0 radical (unpaired) electrons. The monoisotopic (exact) mass is 299 g/mol. The van der Waals surface area contributed by atoms with Crippen molar-refractivity contribution in [2.45, 2.75) is 50.6 Å². The van der Waals surface area contributed by atoms with Crippen LogP contribution in [0.3, 0.4) is 0 Å². The predicted octanol–water partition coefficient (Wildman–Crippen LogP) is 3.92. The maximum atomic E-state index is 13.5. The van der Waals surface area contributed by atoms with Crippen molar-refractivity contribution in [3.8, 4) is 0 Å². The van der Waals surface area contributed by atoms with Gasteiger partial charge >= 0.3 is 5.97 Å². The van der Waals surface area contributed by atoms with Gasteiger partial charge in [-0.2, -0.15) is 0 Å². The Hall–Kier alpha value is -1.13. The minimum absolute atomic E-state index is 0.00681. The van der Waals surface area contributed by atoms with Crippen molar-refractivity contribution in [1.82, 2.24) is 5.32 Å². The van der Waals surface area contributed by atoms with E-state index in [2.05, 4.69) is 5.32 Å². The van der Waals surface area contributed by atoms with Crippen LogP contribution >= 0.6 is 11.6 Å². The molecule has 0 heterocycles. The highest BCUT2D eigenvalue weighted by Crippen LogP contribution is 2.24. The third-order valence-electron chi connectivity index (χ3n) is 3.78. The average Bonchev–Trinajstić information content (AvgIpc) is 2.67. The number of hydrogen-bond acceptors (Lipinski definition) is 2. The number of hydrogen-bond donors (Lipinski definition) is 2. The van der Waals surface area contributed by atoms with Crippen molar-refractivity contribution in [1.29, 1.82) is 0 Å². The molecule has 0 aliphatic heterocycles. The molecule has 1 fully saturated rings. The van der Waals surface area contributed by atoms with Crippen LogP contribution in [0.5, 0.6) is 0 Å². The van der Waals surface area contributed by atoms with E-state index in [1.54, 1.807) is 6.07 Å². The van der Waals surface area contributed by atoms with Crippen molar-refractivity contribution in [2.24, 2.45) is 0 Å². The summed E-state index contributed by atoms with van der Waals surface area (Å²) in [6.07, 6.45) is 6.56. The van der Waals surface area contributed by atoms with Crippen molar-refractivity contribution < 1.29 is 14.3 Å². The number of rotatable bonds is 4. The second-order valence-corrected chi connectivity index (χ2v) is 5.71. The summed E-state index contributed by atoms with van der Waals surface area (Å²) in [6, 6.07) is 3.46. The molecule has 20 heavy (non-hydrogen) atoms. The van der Waals surface area contributed by atoms with Gasteiger partial charge in [-0.15, -0.1) is 0 Å². The fourth-order valence-corrected chi connectivity index (χ4v) is 2.80. The zero-order chi connectivity index (χ0) is 14.5. The lowest BCUT2D eigenvalue weighted by Crippen LogP contribution is -2.36. The van der Waals surface area contributed by atoms with Gasteiger partial charge in [-0.25, -0.2) is 4.39 Å². The largest absolute Gasteiger partial charge is 0.480 e. The van der Waals surface area contributed by atoms with Crippen LogP contribution in [0.1, 0.15) is 50.1 Å². The van der Waals surface area contributed by atoms with E-state index in [-0.39, 0.29) is 11.1 Å². The first-order valence-electron chi connectivity index (χ1n) is 7.01. The number of halogens is 2. The summed E-state index contributed by atoms with van der Waals surface area (Å²) in [6.45, 7) is 0. The van der Waals surface area contributed by atoms with Crippen LogP contribution in [0, 0.1) is 5.82 Å². The van der Waals surface area contributed by atoms with Crippen molar-refractivity contribution in [3.63, 3.8) is 0 Å². The second kappa shape index (κ2) is 7.04. The number of carboxylic acid groups (broad SMARTS) is 1. The van der Waals surface area contributed by atoms with Crippen LogP contribution in [0.25, 0.3) is 0 Å². The molecule has 1 atom stereocenters. The van der Waals surface area contributed by atoms with E-state index in [4.69, 9.17) is 11.6 Å². The van der Waals surface area contributed by atoms with E-state index >= 15 is 0 Å². The Kier molecular flexibility index (Phi) is 5.38. The van der Waals surface area contributed by atoms with Gasteiger partial charge in [0.1, 0.15) is 11.9 Å². The smallest absolute Gasteiger partial charge is 0.325 e. The van der Waals surface area contributed by atoms with Gasteiger partial charge < -0.3 is 5.11 Å². The predicted molar refractivity (Wildman–Crippen MR) is 76.4 cm³/mol. The quantitative estimate of drug-likeness (QED) is 0.829. The second-order valence-electron chi connectivity index (χ2n) is 5.30. The van der Waals surface area contributed by atoms with Crippen LogP contribution in [-0.2, 0) is 4.79 Å². The van der Waals surface area contributed by atoms with Crippen LogP contribution in [-0.4, -0.2) is 17.1 Å². The molecule has 1 aliphatic rings. The fourth-order valence-electron chi connectivity index (χ4n) is 2.68. The maximum absolute atomic E-state index is 13.5. The third kappa shape index (κ3) is 3.93. The molecule has 0 amide bonds. The summed E-state index contributed by atoms with van der Waals surface area (Å²) in [5.41, 5.74) is 0.406. The van der Waals surface area contributed by atoms with E-state index in [1.807, 2.05) is 0 Å². The third-order valence-corrected chi connectivity index (χ3v) is 4.09. The summed E-state index contributed by atoms with van der Waals surface area (Å²) >= 11 is 5.64. The van der Waals surface area contributed by atoms with Crippen molar-refractivity contribution in [3.05, 3.63) is 34.6 Å². The van der Waals surface area contributed by atoms with Gasteiger partial charge in [-0.1, -0.05) is 43.4 Å². The molecule has 0 saturated heterocycles. The molecule has 1 saturated carbocycles. The fraction of sp³-hybridized carbons (Fsp3) is 0.533. The Morgan fingerprint density at radius 3 is 2.50 bits per heavy atom. The van der Waals surface area contributed by atoms with Crippen LogP contribution in [0.2, 0.25) is 5.02 Å². The molecule has 0 aromatic heterocycles. The molecule has 1 aromatic carbocycles. The van der Waals surface area contributed by atoms with Gasteiger partial charge in [-0.05, 0) is 30.5 Å². The average molecular weight is 300 g/mol. The summed E-state index contributed by atoms with van der Waals surface area (Å²) < 4.78 is 13.5. The SMILES string of the molecule is O=C(O)C(NC1CCCCCC1)c1ccc(Cl)c(F)c1. The maximum Gasteiger partial charge on any atom is 0.325 e. The van der Waals surface area contributed by atoms with E-state index in [9.17, 15) is 14.3 Å². The summed E-state index contributed by atoms with van der Waals surface area (Å²) in [4.78, 5) is 11.4.